The van der Waals surface area contributed by atoms with E-state index in [2.05, 4.69) is 4.98 Å². The topological polar surface area (TPSA) is 107 Å². The van der Waals surface area contributed by atoms with Crippen LogP contribution in [0.1, 0.15) is 44.4 Å². The average Bonchev–Trinajstić information content (AvgIpc) is 3.08. The zero-order chi connectivity index (χ0) is 23.4. The molecule has 0 spiro atoms. The highest BCUT2D eigenvalue weighted by atomic mass is 16.6. The molecule has 1 atom stereocenters. The molecule has 2 aromatic heterocycles. The Kier molecular flexibility index (Phi) is 4.59. The summed E-state index contributed by atoms with van der Waals surface area (Å²) in [5, 5.41) is 11.8. The molecule has 0 radical (unpaired) electrons. The first-order valence-electron chi connectivity index (χ1n) is 10.3. The van der Waals surface area contributed by atoms with Crippen LogP contribution in [0.25, 0.3) is 11.0 Å². The Balaban J connectivity index is 1.84. The third-order valence-electron chi connectivity index (χ3n) is 6.03. The maximum Gasteiger partial charge on any atom is 0.296 e. The van der Waals surface area contributed by atoms with Gasteiger partial charge >= 0.3 is 0 Å². The van der Waals surface area contributed by atoms with E-state index >= 15 is 0 Å². The second-order valence-electron chi connectivity index (χ2n) is 8.23. The molecule has 164 valence electrons. The van der Waals surface area contributed by atoms with Gasteiger partial charge < -0.3 is 4.42 Å². The van der Waals surface area contributed by atoms with Gasteiger partial charge in [-0.05, 0) is 67.3 Å². The molecule has 0 bridgehead atoms. The number of fused-ring (bicyclic) bond motifs is 2. The Morgan fingerprint density at radius 3 is 2.52 bits per heavy atom. The van der Waals surface area contributed by atoms with Gasteiger partial charge in [0.2, 0.25) is 5.76 Å². The summed E-state index contributed by atoms with van der Waals surface area (Å²) < 4.78 is 5.99. The van der Waals surface area contributed by atoms with Crippen LogP contribution in [0.15, 0.2) is 63.9 Å². The number of amides is 1. The van der Waals surface area contributed by atoms with Crippen LogP contribution in [0.4, 0.5) is 11.5 Å². The van der Waals surface area contributed by atoms with Crippen LogP contribution in [0, 0.1) is 30.9 Å². The lowest BCUT2D eigenvalue weighted by Crippen LogP contribution is -2.30. The van der Waals surface area contributed by atoms with Crippen molar-refractivity contribution in [2.24, 2.45) is 0 Å². The molecular weight excluding hydrogens is 422 g/mol. The van der Waals surface area contributed by atoms with Gasteiger partial charge in [-0.2, -0.15) is 0 Å². The molecule has 2 aromatic carbocycles. The van der Waals surface area contributed by atoms with Crippen LogP contribution in [0.5, 0.6) is 0 Å². The first kappa shape index (κ1) is 20.6. The lowest BCUT2D eigenvalue weighted by molar-refractivity contribution is -0.384. The second kappa shape index (κ2) is 7.37. The van der Waals surface area contributed by atoms with Crippen molar-refractivity contribution in [1.82, 2.24) is 4.98 Å². The number of aryl methyl sites for hydroxylation is 3. The number of nitrogens with zero attached hydrogens (tertiary/aromatic N) is 3. The molecule has 3 heterocycles. The molecule has 0 aliphatic carbocycles. The lowest BCUT2D eigenvalue weighted by Gasteiger charge is -2.24. The van der Waals surface area contributed by atoms with E-state index in [1.807, 2.05) is 20.8 Å². The maximum absolute atomic E-state index is 13.7. The van der Waals surface area contributed by atoms with E-state index < -0.39 is 16.9 Å². The van der Waals surface area contributed by atoms with Crippen molar-refractivity contribution in [1.29, 1.82) is 0 Å². The number of anilines is 1. The van der Waals surface area contributed by atoms with Crippen LogP contribution < -0.4 is 10.3 Å². The fourth-order valence-corrected chi connectivity index (χ4v) is 4.24. The third-order valence-corrected chi connectivity index (χ3v) is 6.03. The summed E-state index contributed by atoms with van der Waals surface area (Å²) in [4.78, 5) is 43.9. The minimum absolute atomic E-state index is 0.0736. The predicted octanol–water partition coefficient (Wildman–Crippen LogP) is 4.77. The highest BCUT2D eigenvalue weighted by Gasteiger charge is 2.44. The summed E-state index contributed by atoms with van der Waals surface area (Å²) in [6.07, 6.45) is 1.57. The Labute approximate surface area is 188 Å². The fraction of sp³-hybridized carbons (Fsp3) is 0.160. The van der Waals surface area contributed by atoms with Gasteiger partial charge in [-0.25, -0.2) is 4.98 Å². The molecule has 1 aliphatic heterocycles. The van der Waals surface area contributed by atoms with E-state index in [0.717, 1.165) is 16.7 Å². The number of non-ortho nitro benzene ring substituents is 1. The van der Waals surface area contributed by atoms with E-state index in [0.29, 0.717) is 22.4 Å². The number of nitro benzene ring substituents is 1. The number of nitro groups is 1. The quantitative estimate of drug-likeness (QED) is 0.335. The maximum atomic E-state index is 13.7. The minimum Gasteiger partial charge on any atom is -0.450 e. The Morgan fingerprint density at radius 2 is 1.79 bits per heavy atom. The van der Waals surface area contributed by atoms with Crippen LogP contribution in [0.2, 0.25) is 0 Å². The number of benzene rings is 2. The summed E-state index contributed by atoms with van der Waals surface area (Å²) >= 11 is 0. The van der Waals surface area contributed by atoms with Crippen LogP contribution >= 0.6 is 0 Å². The molecule has 8 nitrogen and oxygen atoms in total. The molecule has 1 aliphatic rings. The summed E-state index contributed by atoms with van der Waals surface area (Å²) in [5.74, 6) is -0.258. The van der Waals surface area contributed by atoms with Gasteiger partial charge in [0.25, 0.3) is 11.6 Å². The van der Waals surface area contributed by atoms with E-state index in [9.17, 15) is 19.7 Å². The Morgan fingerprint density at radius 1 is 1.03 bits per heavy atom. The zero-order valence-electron chi connectivity index (χ0n) is 18.2. The largest absolute Gasteiger partial charge is 0.450 e. The molecule has 0 N–H and O–H groups in total. The zero-order valence-corrected chi connectivity index (χ0v) is 18.2. The van der Waals surface area contributed by atoms with Crippen molar-refractivity contribution in [3.05, 3.63) is 109 Å². The molecule has 33 heavy (non-hydrogen) atoms. The van der Waals surface area contributed by atoms with Crippen molar-refractivity contribution >= 4 is 28.4 Å². The normalized spacial score (nSPS) is 15.2. The number of carbonyl (C=O) groups excluding carboxylic acids is 1. The Bertz CT molecular complexity index is 1540. The van der Waals surface area contributed by atoms with Gasteiger partial charge in [0.15, 0.2) is 5.43 Å². The van der Waals surface area contributed by atoms with Crippen molar-refractivity contribution in [3.8, 4) is 0 Å². The monoisotopic (exact) mass is 441 g/mol. The van der Waals surface area contributed by atoms with Gasteiger partial charge in [-0.1, -0.05) is 12.1 Å². The number of carbonyl (C=O) groups is 1. The molecular formula is C25H19N3O5. The van der Waals surface area contributed by atoms with Crippen LogP contribution in [-0.2, 0) is 0 Å². The number of hydrogen-bond donors (Lipinski definition) is 0. The van der Waals surface area contributed by atoms with E-state index in [1.54, 1.807) is 36.5 Å². The summed E-state index contributed by atoms with van der Waals surface area (Å²) in [6, 6.07) is 12.0. The molecule has 0 fully saturated rings. The lowest BCUT2D eigenvalue weighted by atomic mass is 9.97. The predicted molar refractivity (Wildman–Crippen MR) is 123 cm³/mol. The molecule has 4 aromatic rings. The minimum atomic E-state index is -0.913. The second-order valence-corrected chi connectivity index (χ2v) is 8.23. The van der Waals surface area contributed by atoms with Gasteiger partial charge in [-0.3, -0.25) is 24.6 Å². The van der Waals surface area contributed by atoms with Crippen molar-refractivity contribution < 1.29 is 14.1 Å². The smallest absolute Gasteiger partial charge is 0.296 e. The molecule has 1 amide bonds. The number of aromatic nitrogens is 1. The summed E-state index contributed by atoms with van der Waals surface area (Å²) in [5.41, 5.74) is 3.15. The van der Waals surface area contributed by atoms with Crippen molar-refractivity contribution in [2.75, 3.05) is 4.90 Å². The van der Waals surface area contributed by atoms with E-state index in [1.165, 1.54) is 23.1 Å². The van der Waals surface area contributed by atoms with Crippen molar-refractivity contribution in [2.45, 2.75) is 26.8 Å². The average molecular weight is 441 g/mol. The fourth-order valence-electron chi connectivity index (χ4n) is 4.24. The number of pyridine rings is 1. The first-order valence-corrected chi connectivity index (χ1v) is 10.3. The highest BCUT2D eigenvalue weighted by molar-refractivity contribution is 6.10. The Hall–Kier alpha value is -4.33. The molecule has 8 heteroatoms. The summed E-state index contributed by atoms with van der Waals surface area (Å²) in [7, 11) is 0. The molecule has 5 rings (SSSR count). The molecule has 0 saturated heterocycles. The van der Waals surface area contributed by atoms with Gasteiger partial charge in [0, 0.05) is 18.3 Å². The highest BCUT2D eigenvalue weighted by Crippen LogP contribution is 2.41. The van der Waals surface area contributed by atoms with E-state index in [-0.39, 0.29) is 22.4 Å². The standard InChI is InChI=1S/C25H19N3O5/c1-13-7-8-26-20(9-13)27-22(16-5-4-6-17(12-16)28(31)32)21-23(29)18-10-14(2)15(3)11-19(18)33-24(21)25(27)30/h4-12,22H,1-3H3. The van der Waals surface area contributed by atoms with E-state index in [4.69, 9.17) is 4.42 Å². The SMILES string of the molecule is Cc1ccnc(N2C(=O)c3oc4cc(C)c(C)cc4c(=O)c3C2c2cccc([N+](=O)[O-])c2)c1. The summed E-state index contributed by atoms with van der Waals surface area (Å²) in [6.45, 7) is 5.66. The number of rotatable bonds is 3. The third kappa shape index (κ3) is 3.18. The van der Waals surface area contributed by atoms with Crippen LogP contribution in [0.3, 0.4) is 0 Å². The van der Waals surface area contributed by atoms with Gasteiger partial charge in [0.05, 0.1) is 21.9 Å². The number of hydrogen-bond acceptors (Lipinski definition) is 6. The van der Waals surface area contributed by atoms with Gasteiger partial charge in [0.1, 0.15) is 11.4 Å². The van der Waals surface area contributed by atoms with Gasteiger partial charge in [-0.15, -0.1) is 0 Å². The van der Waals surface area contributed by atoms with Crippen molar-refractivity contribution in [3.63, 3.8) is 0 Å². The van der Waals surface area contributed by atoms with Crippen LogP contribution in [-0.4, -0.2) is 15.8 Å². The molecule has 1 unspecified atom stereocenters. The first-order chi connectivity index (χ1) is 15.8. The molecule has 0 saturated carbocycles.